The normalized spacial score (nSPS) is 19.5. The summed E-state index contributed by atoms with van der Waals surface area (Å²) in [6.45, 7) is -0.122. The third kappa shape index (κ3) is 5.25. The highest BCUT2D eigenvalue weighted by Crippen LogP contribution is 2.59. The average Bonchev–Trinajstić information content (AvgIpc) is 3.16. The summed E-state index contributed by atoms with van der Waals surface area (Å²) in [7, 11) is 0. The molecule has 1 saturated carbocycles. The molecule has 3 rings (SSSR count). The largest absolute Gasteiger partial charge is 0.462 e. The molecule has 0 radical (unpaired) electrons. The van der Waals surface area contributed by atoms with Crippen molar-refractivity contribution in [3.05, 3.63) is 67.6 Å². The summed E-state index contributed by atoms with van der Waals surface area (Å²) < 4.78 is 9.32. The summed E-state index contributed by atoms with van der Waals surface area (Å²) in [5.41, 5.74) is 0.346. The van der Waals surface area contributed by atoms with Gasteiger partial charge in [0.15, 0.2) is 0 Å². The predicted molar refractivity (Wildman–Crippen MR) is 115 cm³/mol. The van der Waals surface area contributed by atoms with E-state index < -0.39 is 28.1 Å². The highest BCUT2D eigenvalue weighted by Gasteiger charge is 2.64. The van der Waals surface area contributed by atoms with E-state index in [0.29, 0.717) is 10.0 Å². The highest BCUT2D eigenvalue weighted by atomic mass is 35.5. The van der Waals surface area contributed by atoms with E-state index in [0.717, 1.165) is 0 Å². The molecule has 0 aromatic heterocycles. The van der Waals surface area contributed by atoms with Crippen LogP contribution in [-0.2, 0) is 9.47 Å². The lowest BCUT2D eigenvalue weighted by Gasteiger charge is -2.07. The third-order valence-corrected chi connectivity index (χ3v) is 6.67. The van der Waals surface area contributed by atoms with Crippen LogP contribution in [0.3, 0.4) is 0 Å². The lowest BCUT2D eigenvalue weighted by atomic mass is 10.2. The quantitative estimate of drug-likeness (QED) is 0.315. The van der Waals surface area contributed by atoms with E-state index >= 15 is 0 Å². The number of ether oxygens (including phenoxy) is 2. The number of esters is 2. The first-order chi connectivity index (χ1) is 13.6. The van der Waals surface area contributed by atoms with Crippen molar-refractivity contribution >= 4 is 81.5 Å². The number of carbonyl (C=O) groups excluding carboxylic acids is 2. The molecule has 1 fully saturated rings. The van der Waals surface area contributed by atoms with Gasteiger partial charge in [0.05, 0.1) is 34.4 Å². The van der Waals surface area contributed by atoms with E-state index in [1.165, 1.54) is 36.4 Å². The Morgan fingerprint density at radius 3 is 1.48 bits per heavy atom. The van der Waals surface area contributed by atoms with Gasteiger partial charge in [-0.15, -0.1) is 23.2 Å². The van der Waals surface area contributed by atoms with Crippen LogP contribution < -0.4 is 0 Å². The smallest absolute Gasteiger partial charge is 0.339 e. The fourth-order valence-electron chi connectivity index (χ4n) is 2.71. The predicted octanol–water partition coefficient (Wildman–Crippen LogP) is 6.73. The number of halogens is 6. The summed E-state index contributed by atoms with van der Waals surface area (Å²) in [6, 6.07) is 8.85. The lowest BCUT2D eigenvalue weighted by molar-refractivity contribution is 0.0419. The Bertz CT molecular complexity index is 886. The number of carbonyl (C=O) groups is 2. The Morgan fingerprint density at radius 1 is 0.759 bits per heavy atom. The van der Waals surface area contributed by atoms with Crippen molar-refractivity contribution in [3.8, 4) is 0 Å². The zero-order valence-corrected chi connectivity index (χ0v) is 19.0. The Kier molecular flexibility index (Phi) is 7.14. The van der Waals surface area contributed by atoms with Crippen molar-refractivity contribution in [1.29, 1.82) is 0 Å². The molecule has 0 N–H and O–H groups in total. The lowest BCUT2D eigenvalue weighted by Crippen LogP contribution is -2.12. The minimum atomic E-state index is -1.19. The maximum absolute atomic E-state index is 12.2. The van der Waals surface area contributed by atoms with E-state index in [2.05, 4.69) is 0 Å². The van der Waals surface area contributed by atoms with E-state index in [1.54, 1.807) is 0 Å². The van der Waals surface area contributed by atoms with Gasteiger partial charge in [-0.1, -0.05) is 46.4 Å². The van der Waals surface area contributed by atoms with Gasteiger partial charge in [0.1, 0.15) is 4.33 Å². The molecule has 0 amide bonds. The van der Waals surface area contributed by atoms with Gasteiger partial charge in [-0.25, -0.2) is 9.59 Å². The molecule has 10 heteroatoms. The standard InChI is InChI=1S/C19H12Cl6O4/c20-9-1-3-11(15(22)5-9)17(26)28-7-13-14(19(13,24)25)8-29-18(27)12-4-2-10(21)6-16(12)23/h1-6,13-14H,7-8H2/t13-,14-/m1/s1. The third-order valence-electron chi connectivity index (χ3n) is 4.46. The molecule has 1 aliphatic rings. The molecular weight excluding hydrogens is 505 g/mol. The monoisotopic (exact) mass is 514 g/mol. The first-order valence-corrected chi connectivity index (χ1v) is 10.5. The molecule has 1 aliphatic carbocycles. The van der Waals surface area contributed by atoms with Crippen molar-refractivity contribution in [3.63, 3.8) is 0 Å². The topological polar surface area (TPSA) is 52.6 Å². The second kappa shape index (κ2) is 9.09. The second-order valence-corrected chi connectivity index (χ2v) is 9.46. The Labute approximate surface area is 196 Å². The van der Waals surface area contributed by atoms with Gasteiger partial charge < -0.3 is 9.47 Å². The summed E-state index contributed by atoms with van der Waals surface area (Å²) >= 11 is 36.1. The van der Waals surface area contributed by atoms with Crippen LogP contribution in [0, 0.1) is 11.8 Å². The van der Waals surface area contributed by atoms with Gasteiger partial charge in [0.25, 0.3) is 0 Å². The summed E-state index contributed by atoms with van der Waals surface area (Å²) in [4.78, 5) is 24.4. The van der Waals surface area contributed by atoms with Crippen molar-refractivity contribution in [2.24, 2.45) is 11.8 Å². The van der Waals surface area contributed by atoms with Crippen LogP contribution in [-0.4, -0.2) is 29.5 Å². The van der Waals surface area contributed by atoms with Crippen LogP contribution in [0.1, 0.15) is 20.7 Å². The van der Waals surface area contributed by atoms with Crippen LogP contribution in [0.5, 0.6) is 0 Å². The number of benzene rings is 2. The zero-order valence-electron chi connectivity index (χ0n) is 14.4. The van der Waals surface area contributed by atoms with Gasteiger partial charge >= 0.3 is 11.9 Å². The zero-order chi connectivity index (χ0) is 21.3. The summed E-state index contributed by atoms with van der Waals surface area (Å²) in [5, 5.41) is 1.15. The fraction of sp³-hybridized carbons (Fsp3) is 0.263. The van der Waals surface area contributed by atoms with Crippen molar-refractivity contribution < 1.29 is 19.1 Å². The van der Waals surface area contributed by atoms with Gasteiger partial charge in [-0.3, -0.25) is 0 Å². The molecule has 0 unspecified atom stereocenters. The summed E-state index contributed by atoms with van der Waals surface area (Å²) in [5.74, 6) is -2.08. The number of alkyl halides is 2. The van der Waals surface area contributed by atoms with E-state index in [9.17, 15) is 9.59 Å². The Hall–Kier alpha value is -0.880. The minimum Gasteiger partial charge on any atom is -0.462 e. The van der Waals surface area contributed by atoms with Crippen molar-refractivity contribution in [2.75, 3.05) is 13.2 Å². The average molecular weight is 517 g/mol. The van der Waals surface area contributed by atoms with Gasteiger partial charge in [0, 0.05) is 21.9 Å². The van der Waals surface area contributed by atoms with Crippen molar-refractivity contribution in [1.82, 2.24) is 0 Å². The minimum absolute atomic E-state index is 0.0608. The van der Waals surface area contributed by atoms with Gasteiger partial charge in [0.2, 0.25) is 0 Å². The first kappa shape index (κ1) is 22.8. The maximum Gasteiger partial charge on any atom is 0.339 e. The molecule has 4 nitrogen and oxygen atoms in total. The Morgan fingerprint density at radius 2 is 1.14 bits per heavy atom. The van der Waals surface area contributed by atoms with E-state index in [1.807, 2.05) is 0 Å². The molecule has 2 atom stereocenters. The molecule has 2 aromatic carbocycles. The van der Waals surface area contributed by atoms with Gasteiger partial charge in [-0.05, 0) is 36.4 Å². The van der Waals surface area contributed by atoms with Crippen LogP contribution in [0.4, 0.5) is 0 Å². The van der Waals surface area contributed by atoms with Crippen LogP contribution in [0.25, 0.3) is 0 Å². The second-order valence-electron chi connectivity index (χ2n) is 6.33. The van der Waals surface area contributed by atoms with Crippen LogP contribution in [0.15, 0.2) is 36.4 Å². The maximum atomic E-state index is 12.2. The number of hydrogen-bond acceptors (Lipinski definition) is 4. The summed E-state index contributed by atoms with van der Waals surface area (Å²) in [6.07, 6.45) is 0. The molecule has 29 heavy (non-hydrogen) atoms. The molecule has 0 bridgehead atoms. The SMILES string of the molecule is O=C(OC[C@@H]1[C@@H](COC(=O)c2ccc(Cl)cc2Cl)C1(Cl)Cl)c1ccc(Cl)cc1Cl. The Balaban J connectivity index is 1.54. The fourth-order valence-corrected chi connectivity index (χ4v) is 4.42. The highest BCUT2D eigenvalue weighted by molar-refractivity contribution is 6.51. The van der Waals surface area contributed by atoms with E-state index in [4.69, 9.17) is 79.1 Å². The van der Waals surface area contributed by atoms with Crippen molar-refractivity contribution in [2.45, 2.75) is 4.33 Å². The molecule has 0 heterocycles. The molecule has 154 valence electrons. The van der Waals surface area contributed by atoms with Crippen LogP contribution >= 0.6 is 69.6 Å². The number of rotatable bonds is 6. The molecule has 0 spiro atoms. The molecular formula is C19H12Cl6O4. The van der Waals surface area contributed by atoms with E-state index in [-0.39, 0.29) is 34.4 Å². The number of hydrogen-bond donors (Lipinski definition) is 0. The first-order valence-electron chi connectivity index (χ1n) is 8.23. The molecule has 0 saturated heterocycles. The van der Waals surface area contributed by atoms with Gasteiger partial charge in [-0.2, -0.15) is 0 Å². The molecule has 0 aliphatic heterocycles. The molecule has 2 aromatic rings. The van der Waals surface area contributed by atoms with Crippen LogP contribution in [0.2, 0.25) is 20.1 Å².